The molecule has 2 N–H and O–H groups in total. The molecule has 1 saturated carbocycles. The van der Waals surface area contributed by atoms with Crippen LogP contribution in [0.5, 0.6) is 0 Å². The van der Waals surface area contributed by atoms with Crippen LogP contribution in [0.2, 0.25) is 0 Å². The van der Waals surface area contributed by atoms with Gasteiger partial charge >= 0.3 is 0 Å². The van der Waals surface area contributed by atoms with Crippen molar-refractivity contribution in [3.63, 3.8) is 0 Å². The second-order valence-electron chi connectivity index (χ2n) is 7.98. The molecule has 0 bridgehead atoms. The summed E-state index contributed by atoms with van der Waals surface area (Å²) in [5.74, 6) is 0.363. The van der Waals surface area contributed by atoms with Gasteiger partial charge in [0.1, 0.15) is 0 Å². The Morgan fingerprint density at radius 1 is 0.821 bits per heavy atom. The average Bonchev–Trinajstić information content (AvgIpc) is 3.38. The van der Waals surface area contributed by atoms with Gasteiger partial charge in [-0.25, -0.2) is 0 Å². The van der Waals surface area contributed by atoms with Gasteiger partial charge < -0.3 is 10.6 Å². The summed E-state index contributed by atoms with van der Waals surface area (Å²) in [6, 6.07) is 0. The summed E-state index contributed by atoms with van der Waals surface area (Å²) >= 11 is 0. The van der Waals surface area contributed by atoms with Crippen LogP contribution < -0.4 is 10.6 Å². The minimum Gasteiger partial charge on any atom is -0.356 e. The molecule has 0 aromatic heterocycles. The highest BCUT2D eigenvalue weighted by molar-refractivity contribution is 5.77. The largest absolute Gasteiger partial charge is 0.356 e. The number of allylic oxidation sites excluding steroid dienone is 5. The van der Waals surface area contributed by atoms with E-state index in [9.17, 15) is 9.59 Å². The molecule has 1 rings (SSSR count). The normalized spacial score (nSPS) is 15.5. The number of hydrogen-bond acceptors (Lipinski definition) is 2. The Morgan fingerprint density at radius 2 is 1.43 bits per heavy atom. The zero-order valence-electron chi connectivity index (χ0n) is 18.0. The monoisotopic (exact) mass is 388 g/mol. The van der Waals surface area contributed by atoms with E-state index in [2.05, 4.69) is 60.9 Å². The molecule has 0 saturated heterocycles. The van der Waals surface area contributed by atoms with Gasteiger partial charge in [0.15, 0.2) is 0 Å². The Morgan fingerprint density at radius 3 is 2.07 bits per heavy atom. The first-order valence-corrected chi connectivity index (χ1v) is 11.1. The summed E-state index contributed by atoms with van der Waals surface area (Å²) in [6.45, 7) is 4.98. The number of rotatable bonds is 16. The summed E-state index contributed by atoms with van der Waals surface area (Å²) in [7, 11) is 0. The second-order valence-corrected chi connectivity index (χ2v) is 7.98. The third kappa shape index (κ3) is 14.2. The highest BCUT2D eigenvalue weighted by Crippen LogP contribution is 2.34. The van der Waals surface area contributed by atoms with E-state index in [0.717, 1.165) is 70.8 Å². The Bertz CT molecular complexity index is 531. The second kappa shape index (κ2) is 15.1. The van der Waals surface area contributed by atoms with E-state index in [1.54, 1.807) is 0 Å². The summed E-state index contributed by atoms with van der Waals surface area (Å²) in [4.78, 5) is 23.3. The molecule has 4 heteroatoms. The molecule has 0 heterocycles. The fourth-order valence-electron chi connectivity index (χ4n) is 2.79. The molecule has 0 aromatic carbocycles. The standard InChI is InChI=1S/C24H40N2O2/c1-3-4-14-17-22(27)25-21-16-13-11-9-7-5-6-8-10-12-15-18-23(28)26-24(2)19-20-24/h5,7-8,10-11,13H,3-4,6,9,12,14-21H2,1-2H3,(H,25,27)(H,26,28)/b7-5-,10-8-,13-11-. The lowest BCUT2D eigenvalue weighted by molar-refractivity contribution is -0.122. The van der Waals surface area contributed by atoms with E-state index in [1.165, 1.54) is 0 Å². The lowest BCUT2D eigenvalue weighted by Gasteiger charge is -2.10. The maximum atomic E-state index is 11.7. The van der Waals surface area contributed by atoms with Crippen LogP contribution in [-0.4, -0.2) is 23.9 Å². The average molecular weight is 389 g/mol. The van der Waals surface area contributed by atoms with Crippen molar-refractivity contribution in [3.05, 3.63) is 36.5 Å². The fourth-order valence-corrected chi connectivity index (χ4v) is 2.79. The molecule has 1 fully saturated rings. The summed E-state index contributed by atoms with van der Waals surface area (Å²) in [5.41, 5.74) is 0.106. The van der Waals surface area contributed by atoms with Gasteiger partial charge in [-0.3, -0.25) is 9.59 Å². The Balaban J connectivity index is 1.89. The van der Waals surface area contributed by atoms with Gasteiger partial charge in [-0.15, -0.1) is 0 Å². The van der Waals surface area contributed by atoms with E-state index in [-0.39, 0.29) is 17.4 Å². The van der Waals surface area contributed by atoms with Crippen LogP contribution >= 0.6 is 0 Å². The Hall–Kier alpha value is -1.84. The number of carbonyl (C=O) groups excluding carboxylic acids is 2. The van der Waals surface area contributed by atoms with Crippen LogP contribution in [0.4, 0.5) is 0 Å². The summed E-state index contributed by atoms with van der Waals surface area (Å²) in [6.07, 6.45) is 24.3. The quantitative estimate of drug-likeness (QED) is 0.276. The topological polar surface area (TPSA) is 58.2 Å². The Kier molecular flexibility index (Phi) is 13.1. The van der Waals surface area contributed by atoms with Gasteiger partial charge in [0, 0.05) is 24.9 Å². The lowest BCUT2D eigenvalue weighted by atomic mass is 10.2. The number of nitrogens with one attached hydrogen (secondary N) is 2. The predicted molar refractivity (Wildman–Crippen MR) is 118 cm³/mol. The zero-order valence-corrected chi connectivity index (χ0v) is 18.0. The van der Waals surface area contributed by atoms with Crippen molar-refractivity contribution in [1.29, 1.82) is 0 Å². The van der Waals surface area contributed by atoms with Gasteiger partial charge in [0.2, 0.25) is 11.8 Å². The molecule has 2 amide bonds. The van der Waals surface area contributed by atoms with Crippen LogP contribution in [0, 0.1) is 0 Å². The van der Waals surface area contributed by atoms with Crippen molar-refractivity contribution in [2.24, 2.45) is 0 Å². The van der Waals surface area contributed by atoms with Crippen molar-refractivity contribution < 1.29 is 9.59 Å². The van der Waals surface area contributed by atoms with E-state index in [0.29, 0.717) is 12.8 Å². The molecular formula is C24H40N2O2. The number of unbranched alkanes of at least 4 members (excludes halogenated alkanes) is 3. The van der Waals surface area contributed by atoms with Crippen molar-refractivity contribution in [2.75, 3.05) is 6.54 Å². The molecule has 0 spiro atoms. The van der Waals surface area contributed by atoms with Gasteiger partial charge in [0.25, 0.3) is 0 Å². The van der Waals surface area contributed by atoms with Crippen LogP contribution in [0.15, 0.2) is 36.5 Å². The van der Waals surface area contributed by atoms with Crippen LogP contribution in [0.3, 0.4) is 0 Å². The first-order chi connectivity index (χ1) is 13.6. The van der Waals surface area contributed by atoms with Gasteiger partial charge in [-0.1, -0.05) is 56.2 Å². The fraction of sp³-hybridized carbons (Fsp3) is 0.667. The minimum atomic E-state index is 0.106. The van der Waals surface area contributed by atoms with E-state index in [1.807, 2.05) is 0 Å². The molecule has 158 valence electrons. The van der Waals surface area contributed by atoms with Gasteiger partial charge in [0.05, 0.1) is 0 Å². The number of carbonyl (C=O) groups is 2. The Labute approximate surface area is 171 Å². The van der Waals surface area contributed by atoms with Crippen LogP contribution in [0.25, 0.3) is 0 Å². The first-order valence-electron chi connectivity index (χ1n) is 11.1. The van der Waals surface area contributed by atoms with Gasteiger partial charge in [-0.05, 0) is 58.3 Å². The molecule has 0 aliphatic heterocycles. The highest BCUT2D eigenvalue weighted by atomic mass is 16.2. The van der Waals surface area contributed by atoms with Crippen molar-refractivity contribution in [1.82, 2.24) is 10.6 Å². The molecule has 4 nitrogen and oxygen atoms in total. The zero-order chi connectivity index (χ0) is 20.5. The number of amides is 2. The van der Waals surface area contributed by atoms with Crippen molar-refractivity contribution in [2.45, 2.75) is 96.4 Å². The molecule has 1 aliphatic rings. The maximum absolute atomic E-state index is 11.7. The number of hydrogen-bond donors (Lipinski definition) is 2. The van der Waals surface area contributed by atoms with Crippen LogP contribution in [-0.2, 0) is 9.59 Å². The minimum absolute atomic E-state index is 0.106. The van der Waals surface area contributed by atoms with Gasteiger partial charge in [-0.2, -0.15) is 0 Å². The third-order valence-electron chi connectivity index (χ3n) is 4.90. The molecule has 1 aliphatic carbocycles. The maximum Gasteiger partial charge on any atom is 0.220 e. The van der Waals surface area contributed by atoms with Crippen molar-refractivity contribution in [3.8, 4) is 0 Å². The highest BCUT2D eigenvalue weighted by Gasteiger charge is 2.38. The third-order valence-corrected chi connectivity index (χ3v) is 4.90. The van der Waals surface area contributed by atoms with Crippen molar-refractivity contribution >= 4 is 11.8 Å². The molecular weight excluding hydrogens is 348 g/mol. The molecule has 0 aromatic rings. The molecule has 0 unspecified atom stereocenters. The van der Waals surface area contributed by atoms with E-state index >= 15 is 0 Å². The molecule has 0 atom stereocenters. The molecule has 0 radical (unpaired) electrons. The first kappa shape index (κ1) is 24.2. The summed E-state index contributed by atoms with van der Waals surface area (Å²) < 4.78 is 0. The smallest absolute Gasteiger partial charge is 0.220 e. The van der Waals surface area contributed by atoms with Crippen LogP contribution in [0.1, 0.15) is 90.9 Å². The SMILES string of the molecule is CCCCCC(=O)NCC/C=C\C/C=C\C/C=C\CCCC(=O)NC1(C)CC1. The predicted octanol–water partition coefficient (Wildman–Crippen LogP) is 5.36. The summed E-state index contributed by atoms with van der Waals surface area (Å²) in [5, 5.41) is 6.04. The van der Waals surface area contributed by atoms with E-state index < -0.39 is 0 Å². The lowest BCUT2D eigenvalue weighted by Crippen LogP contribution is -2.33. The molecule has 28 heavy (non-hydrogen) atoms. The van der Waals surface area contributed by atoms with E-state index in [4.69, 9.17) is 0 Å².